The highest BCUT2D eigenvalue weighted by atomic mass is 79.9. The second-order valence-electron chi connectivity index (χ2n) is 5.02. The van der Waals surface area contributed by atoms with Crippen LogP contribution in [0.4, 0.5) is 0 Å². The largest absolute Gasteiger partial charge is 0.0928 e. The van der Waals surface area contributed by atoms with Crippen LogP contribution in [-0.2, 0) is 18.3 Å². The molecule has 1 aromatic carbocycles. The van der Waals surface area contributed by atoms with E-state index in [1.807, 2.05) is 0 Å². The molecule has 0 saturated carbocycles. The van der Waals surface area contributed by atoms with Gasteiger partial charge in [-0.15, -0.1) is 0 Å². The van der Waals surface area contributed by atoms with Crippen molar-refractivity contribution in [2.75, 3.05) is 5.33 Å². The van der Waals surface area contributed by atoms with Gasteiger partial charge in [0.05, 0.1) is 0 Å². The van der Waals surface area contributed by atoms with E-state index < -0.39 is 0 Å². The van der Waals surface area contributed by atoms with Gasteiger partial charge >= 0.3 is 0 Å². The average Bonchev–Trinajstić information content (AvgIpc) is 2.28. The molecule has 0 amide bonds. The minimum absolute atomic E-state index is 0.278. The first-order valence-electron chi connectivity index (χ1n) is 6.23. The van der Waals surface area contributed by atoms with Crippen LogP contribution in [0, 0.1) is 0 Å². The first-order valence-corrected chi connectivity index (χ1v) is 7.35. The predicted molar refractivity (Wildman–Crippen MR) is 76.6 cm³/mol. The topological polar surface area (TPSA) is 0 Å². The molecular weight excluding hydrogens is 260 g/mol. The van der Waals surface area contributed by atoms with Gasteiger partial charge < -0.3 is 0 Å². The molecule has 0 aromatic heterocycles. The average molecular weight is 283 g/mol. The SMILES string of the molecule is CCc1ccc(CC)c(C(C)(C)CCBr)c1. The van der Waals surface area contributed by atoms with Crippen LogP contribution in [0.2, 0.25) is 0 Å². The number of aryl methyl sites for hydroxylation is 2. The van der Waals surface area contributed by atoms with E-state index in [1.165, 1.54) is 23.1 Å². The summed E-state index contributed by atoms with van der Waals surface area (Å²) in [5, 5.41) is 1.07. The van der Waals surface area contributed by atoms with Crippen LogP contribution in [0.3, 0.4) is 0 Å². The van der Waals surface area contributed by atoms with E-state index in [-0.39, 0.29) is 5.41 Å². The molecule has 0 N–H and O–H groups in total. The van der Waals surface area contributed by atoms with E-state index in [9.17, 15) is 0 Å². The highest BCUT2D eigenvalue weighted by Gasteiger charge is 2.22. The first-order chi connectivity index (χ1) is 7.55. The van der Waals surface area contributed by atoms with E-state index in [2.05, 4.69) is 61.8 Å². The van der Waals surface area contributed by atoms with Gasteiger partial charge in [-0.3, -0.25) is 0 Å². The van der Waals surface area contributed by atoms with Crippen molar-refractivity contribution in [2.24, 2.45) is 0 Å². The molecule has 0 bridgehead atoms. The fraction of sp³-hybridized carbons (Fsp3) is 0.600. The first kappa shape index (κ1) is 13.8. The molecule has 0 heterocycles. The number of hydrogen-bond acceptors (Lipinski definition) is 0. The molecule has 0 aliphatic carbocycles. The van der Waals surface area contributed by atoms with E-state index >= 15 is 0 Å². The number of halogens is 1. The van der Waals surface area contributed by atoms with Gasteiger partial charge in [-0.05, 0) is 41.4 Å². The fourth-order valence-electron chi connectivity index (χ4n) is 2.15. The van der Waals surface area contributed by atoms with Crippen molar-refractivity contribution in [2.45, 2.75) is 52.4 Å². The fourth-order valence-corrected chi connectivity index (χ4v) is 3.14. The molecule has 0 radical (unpaired) electrons. The van der Waals surface area contributed by atoms with E-state index in [0.717, 1.165) is 18.2 Å². The molecule has 0 saturated heterocycles. The third-order valence-corrected chi connectivity index (χ3v) is 3.81. The second kappa shape index (κ2) is 5.86. The van der Waals surface area contributed by atoms with Crippen molar-refractivity contribution in [3.05, 3.63) is 34.9 Å². The van der Waals surface area contributed by atoms with E-state index in [0.29, 0.717) is 0 Å². The van der Waals surface area contributed by atoms with Crippen molar-refractivity contribution < 1.29 is 0 Å². The molecule has 0 unspecified atom stereocenters. The molecule has 1 rings (SSSR count). The van der Waals surface area contributed by atoms with Gasteiger partial charge in [0.15, 0.2) is 0 Å². The van der Waals surface area contributed by atoms with Gasteiger partial charge in [0.1, 0.15) is 0 Å². The van der Waals surface area contributed by atoms with E-state index in [1.54, 1.807) is 0 Å². The van der Waals surface area contributed by atoms with Gasteiger partial charge in [0.25, 0.3) is 0 Å². The molecule has 0 atom stereocenters. The highest BCUT2D eigenvalue weighted by molar-refractivity contribution is 9.09. The lowest BCUT2D eigenvalue weighted by Crippen LogP contribution is -2.20. The lowest BCUT2D eigenvalue weighted by atomic mass is 9.78. The Morgan fingerprint density at radius 1 is 1.12 bits per heavy atom. The Hall–Kier alpha value is -0.300. The summed E-state index contributed by atoms with van der Waals surface area (Å²) in [6.07, 6.45) is 3.44. The summed E-state index contributed by atoms with van der Waals surface area (Å²) in [4.78, 5) is 0. The van der Waals surface area contributed by atoms with Crippen molar-refractivity contribution in [3.8, 4) is 0 Å². The van der Waals surface area contributed by atoms with Gasteiger partial charge in [-0.1, -0.05) is 61.8 Å². The zero-order valence-electron chi connectivity index (χ0n) is 10.9. The minimum atomic E-state index is 0.278. The Labute approximate surface area is 109 Å². The van der Waals surface area contributed by atoms with Crippen LogP contribution in [0.1, 0.15) is 50.8 Å². The van der Waals surface area contributed by atoms with Gasteiger partial charge in [-0.25, -0.2) is 0 Å². The highest BCUT2D eigenvalue weighted by Crippen LogP contribution is 2.31. The van der Waals surface area contributed by atoms with Gasteiger partial charge in [0, 0.05) is 5.33 Å². The summed E-state index contributed by atoms with van der Waals surface area (Å²) in [6.45, 7) is 9.17. The molecule has 90 valence electrons. The van der Waals surface area contributed by atoms with E-state index in [4.69, 9.17) is 0 Å². The monoisotopic (exact) mass is 282 g/mol. The zero-order chi connectivity index (χ0) is 12.2. The quantitative estimate of drug-likeness (QED) is 0.676. The Bertz CT molecular complexity index is 339. The maximum atomic E-state index is 3.56. The molecule has 0 aliphatic heterocycles. The summed E-state index contributed by atoms with van der Waals surface area (Å²) < 4.78 is 0. The number of alkyl halides is 1. The van der Waals surface area contributed by atoms with Crippen molar-refractivity contribution >= 4 is 15.9 Å². The molecule has 0 aliphatic rings. The second-order valence-corrected chi connectivity index (χ2v) is 5.81. The number of rotatable bonds is 5. The lowest BCUT2D eigenvalue weighted by Gasteiger charge is -2.27. The summed E-state index contributed by atoms with van der Waals surface area (Å²) >= 11 is 3.56. The molecule has 1 heteroatoms. The summed E-state index contributed by atoms with van der Waals surface area (Å²) in [5.41, 5.74) is 4.77. The minimum Gasteiger partial charge on any atom is -0.0928 e. The summed E-state index contributed by atoms with van der Waals surface area (Å²) in [6, 6.07) is 6.98. The van der Waals surface area contributed by atoms with Crippen LogP contribution in [0.15, 0.2) is 18.2 Å². The Kier molecular flexibility index (Phi) is 5.04. The van der Waals surface area contributed by atoms with Crippen molar-refractivity contribution in [1.82, 2.24) is 0 Å². The number of hydrogen-bond donors (Lipinski definition) is 0. The molecule has 16 heavy (non-hydrogen) atoms. The standard InChI is InChI=1S/C15H23Br/c1-5-12-7-8-13(6-2)14(11-12)15(3,4)9-10-16/h7-8,11H,5-6,9-10H2,1-4H3. The Morgan fingerprint density at radius 2 is 1.81 bits per heavy atom. The third-order valence-electron chi connectivity index (χ3n) is 3.41. The summed E-state index contributed by atoms with van der Waals surface area (Å²) in [7, 11) is 0. The zero-order valence-corrected chi connectivity index (χ0v) is 12.5. The van der Waals surface area contributed by atoms with Crippen LogP contribution < -0.4 is 0 Å². The molecular formula is C15H23Br. The number of benzene rings is 1. The maximum absolute atomic E-state index is 3.56. The Morgan fingerprint density at radius 3 is 2.31 bits per heavy atom. The van der Waals surface area contributed by atoms with Crippen LogP contribution >= 0.6 is 15.9 Å². The third kappa shape index (κ3) is 3.10. The van der Waals surface area contributed by atoms with Crippen molar-refractivity contribution in [1.29, 1.82) is 0 Å². The smallest absolute Gasteiger partial charge is 0.00395 e. The van der Waals surface area contributed by atoms with Gasteiger partial charge in [-0.2, -0.15) is 0 Å². The van der Waals surface area contributed by atoms with Crippen LogP contribution in [0.25, 0.3) is 0 Å². The Balaban J connectivity index is 3.17. The normalized spacial score (nSPS) is 11.8. The molecule has 0 spiro atoms. The predicted octanol–water partition coefficient (Wildman–Crippen LogP) is 4.87. The molecule has 1 aromatic rings. The van der Waals surface area contributed by atoms with Gasteiger partial charge in [0.2, 0.25) is 0 Å². The molecule has 0 fully saturated rings. The molecule has 0 nitrogen and oxygen atoms in total. The lowest BCUT2D eigenvalue weighted by molar-refractivity contribution is 0.507. The van der Waals surface area contributed by atoms with Crippen molar-refractivity contribution in [3.63, 3.8) is 0 Å². The maximum Gasteiger partial charge on any atom is 0.00395 e. The summed E-state index contributed by atoms with van der Waals surface area (Å²) in [5.74, 6) is 0. The van der Waals surface area contributed by atoms with Crippen LogP contribution in [-0.4, -0.2) is 5.33 Å². The van der Waals surface area contributed by atoms with Crippen LogP contribution in [0.5, 0.6) is 0 Å².